The Balaban J connectivity index is 2.33. The smallest absolute Gasteiger partial charge is 0.274 e. The average Bonchev–Trinajstić information content (AvgIpc) is 2.71. The Morgan fingerprint density at radius 3 is 2.57 bits per heavy atom. The molecule has 1 heterocycles. The molecule has 0 spiro atoms. The molecule has 21 heavy (non-hydrogen) atoms. The van der Waals surface area contributed by atoms with E-state index < -0.39 is 4.92 Å². The SMILES string of the molecule is Cc1cc(Br)c(NC(C)c2cc(Cl)sc2Cl)cc1[N+](=O)[O-]. The summed E-state index contributed by atoms with van der Waals surface area (Å²) < 4.78 is 1.98. The van der Waals surface area contributed by atoms with E-state index in [2.05, 4.69) is 21.2 Å². The van der Waals surface area contributed by atoms with Gasteiger partial charge in [0.15, 0.2) is 0 Å². The highest BCUT2D eigenvalue weighted by Crippen LogP contribution is 2.38. The molecule has 2 aromatic rings. The predicted octanol–water partition coefficient (Wildman–Crippen LogP) is 6.21. The molecule has 1 atom stereocenters. The van der Waals surface area contributed by atoms with Crippen LogP contribution in [0.15, 0.2) is 22.7 Å². The van der Waals surface area contributed by atoms with Gasteiger partial charge in [0.2, 0.25) is 0 Å². The van der Waals surface area contributed by atoms with Crippen LogP contribution in [0.1, 0.15) is 24.1 Å². The van der Waals surface area contributed by atoms with Crippen molar-refractivity contribution in [3.63, 3.8) is 0 Å². The minimum atomic E-state index is -0.397. The van der Waals surface area contributed by atoms with E-state index in [1.807, 2.05) is 6.92 Å². The Kier molecular flexibility index (Phi) is 5.14. The van der Waals surface area contributed by atoms with Crippen molar-refractivity contribution in [2.24, 2.45) is 0 Å². The van der Waals surface area contributed by atoms with Crippen LogP contribution in [0.4, 0.5) is 11.4 Å². The van der Waals surface area contributed by atoms with E-state index in [0.717, 1.165) is 10.0 Å². The van der Waals surface area contributed by atoms with Crippen LogP contribution in [0.5, 0.6) is 0 Å². The zero-order valence-corrected chi connectivity index (χ0v) is 15.0. The van der Waals surface area contributed by atoms with Gasteiger partial charge in [0.05, 0.1) is 25.3 Å². The molecule has 4 nitrogen and oxygen atoms in total. The minimum absolute atomic E-state index is 0.0716. The van der Waals surface area contributed by atoms with Gasteiger partial charge in [-0.2, -0.15) is 0 Å². The molecule has 1 N–H and O–H groups in total. The summed E-state index contributed by atoms with van der Waals surface area (Å²) in [5.74, 6) is 0. The van der Waals surface area contributed by atoms with Crippen molar-refractivity contribution in [3.8, 4) is 0 Å². The molecule has 0 aliphatic heterocycles. The quantitative estimate of drug-likeness (QED) is 0.482. The zero-order chi connectivity index (χ0) is 15.7. The molecular weight excluding hydrogens is 399 g/mol. The number of nitrogens with zero attached hydrogens (tertiary/aromatic N) is 1. The van der Waals surface area contributed by atoms with Gasteiger partial charge in [0.25, 0.3) is 5.69 Å². The maximum Gasteiger partial charge on any atom is 0.274 e. The van der Waals surface area contributed by atoms with Crippen LogP contribution in [-0.4, -0.2) is 4.92 Å². The first-order valence-electron chi connectivity index (χ1n) is 5.95. The maximum atomic E-state index is 11.0. The Labute approximate surface area is 144 Å². The van der Waals surface area contributed by atoms with Gasteiger partial charge in [-0.15, -0.1) is 11.3 Å². The summed E-state index contributed by atoms with van der Waals surface area (Å²) in [5, 5.41) is 14.2. The zero-order valence-electron chi connectivity index (χ0n) is 11.1. The van der Waals surface area contributed by atoms with E-state index >= 15 is 0 Å². The molecule has 112 valence electrons. The van der Waals surface area contributed by atoms with Crippen molar-refractivity contribution in [1.29, 1.82) is 0 Å². The van der Waals surface area contributed by atoms with Crippen LogP contribution in [0.25, 0.3) is 0 Å². The summed E-state index contributed by atoms with van der Waals surface area (Å²) in [4.78, 5) is 10.6. The number of benzene rings is 1. The second kappa shape index (κ2) is 6.52. The second-order valence-electron chi connectivity index (χ2n) is 4.52. The molecule has 0 fully saturated rings. The Morgan fingerprint density at radius 1 is 1.38 bits per heavy atom. The third kappa shape index (κ3) is 3.69. The minimum Gasteiger partial charge on any atom is -0.377 e. The van der Waals surface area contributed by atoms with Crippen molar-refractivity contribution >= 4 is 61.8 Å². The standard InChI is InChI=1S/C13H11BrCl2N2O2S/c1-6-3-9(14)10(5-11(6)18(19)20)17-7(2)8-4-12(15)21-13(8)16/h3-5,7,17H,1-2H3. The Bertz CT molecular complexity index is 706. The van der Waals surface area contributed by atoms with E-state index in [1.54, 1.807) is 19.1 Å². The van der Waals surface area contributed by atoms with E-state index in [9.17, 15) is 10.1 Å². The number of halogens is 3. The molecule has 0 bridgehead atoms. The average molecular weight is 410 g/mol. The molecule has 8 heteroatoms. The lowest BCUT2D eigenvalue weighted by Crippen LogP contribution is -2.07. The van der Waals surface area contributed by atoms with Crippen LogP contribution in [0.3, 0.4) is 0 Å². The normalized spacial score (nSPS) is 12.2. The topological polar surface area (TPSA) is 55.2 Å². The first kappa shape index (κ1) is 16.5. The van der Waals surface area contributed by atoms with Gasteiger partial charge in [-0.3, -0.25) is 10.1 Å². The summed E-state index contributed by atoms with van der Waals surface area (Å²) in [5.41, 5.74) is 2.17. The van der Waals surface area contributed by atoms with Crippen molar-refractivity contribution in [2.75, 3.05) is 5.32 Å². The lowest BCUT2D eigenvalue weighted by molar-refractivity contribution is -0.385. The molecule has 0 amide bonds. The highest BCUT2D eigenvalue weighted by Gasteiger charge is 2.18. The van der Waals surface area contributed by atoms with Gasteiger partial charge in [0.1, 0.15) is 0 Å². The first-order valence-corrected chi connectivity index (χ1v) is 8.32. The summed E-state index contributed by atoms with van der Waals surface area (Å²) >= 11 is 16.8. The van der Waals surface area contributed by atoms with Crippen molar-refractivity contribution in [1.82, 2.24) is 0 Å². The maximum absolute atomic E-state index is 11.0. The molecule has 1 aromatic carbocycles. The number of nitro groups is 1. The first-order chi connectivity index (χ1) is 9.79. The van der Waals surface area contributed by atoms with Crippen LogP contribution >= 0.6 is 50.5 Å². The number of hydrogen-bond acceptors (Lipinski definition) is 4. The molecule has 2 rings (SSSR count). The summed E-state index contributed by atoms with van der Waals surface area (Å²) in [6.45, 7) is 3.62. The summed E-state index contributed by atoms with van der Waals surface area (Å²) in [7, 11) is 0. The van der Waals surface area contributed by atoms with Gasteiger partial charge in [-0.1, -0.05) is 23.2 Å². The van der Waals surface area contributed by atoms with Gasteiger partial charge in [-0.05, 0) is 41.9 Å². The van der Waals surface area contributed by atoms with Gasteiger partial charge < -0.3 is 5.32 Å². The molecule has 0 saturated carbocycles. The molecular formula is C13H11BrCl2N2O2S. The fourth-order valence-corrected chi connectivity index (χ4v) is 4.15. The van der Waals surface area contributed by atoms with E-state index in [0.29, 0.717) is 19.9 Å². The number of thiophene rings is 1. The number of aryl methyl sites for hydroxylation is 1. The number of anilines is 1. The van der Waals surface area contributed by atoms with Crippen LogP contribution in [0.2, 0.25) is 8.67 Å². The molecule has 1 unspecified atom stereocenters. The largest absolute Gasteiger partial charge is 0.377 e. The van der Waals surface area contributed by atoms with Crippen LogP contribution < -0.4 is 5.32 Å². The van der Waals surface area contributed by atoms with Crippen LogP contribution in [-0.2, 0) is 0 Å². The van der Waals surface area contributed by atoms with Gasteiger partial charge >= 0.3 is 0 Å². The molecule has 0 aliphatic rings. The lowest BCUT2D eigenvalue weighted by Gasteiger charge is -2.16. The number of nitro benzene ring substituents is 1. The number of nitrogens with one attached hydrogen (secondary N) is 1. The Morgan fingerprint density at radius 2 is 2.05 bits per heavy atom. The van der Waals surface area contributed by atoms with Crippen molar-refractivity contribution < 1.29 is 4.92 Å². The Hall–Kier alpha value is -0.820. The fraction of sp³-hybridized carbons (Fsp3) is 0.231. The molecule has 0 radical (unpaired) electrons. The van der Waals surface area contributed by atoms with E-state index in [4.69, 9.17) is 23.2 Å². The van der Waals surface area contributed by atoms with Gasteiger partial charge in [-0.25, -0.2) is 0 Å². The van der Waals surface area contributed by atoms with E-state index in [-0.39, 0.29) is 11.7 Å². The number of hydrogen-bond donors (Lipinski definition) is 1. The summed E-state index contributed by atoms with van der Waals surface area (Å²) in [6, 6.07) is 4.90. The van der Waals surface area contributed by atoms with Crippen LogP contribution in [0, 0.1) is 17.0 Å². The third-order valence-corrected chi connectivity index (χ3v) is 5.18. The third-order valence-electron chi connectivity index (χ3n) is 3.00. The van der Waals surface area contributed by atoms with Gasteiger partial charge in [0, 0.05) is 21.7 Å². The van der Waals surface area contributed by atoms with E-state index in [1.165, 1.54) is 17.4 Å². The predicted molar refractivity (Wildman–Crippen MR) is 91.9 cm³/mol. The summed E-state index contributed by atoms with van der Waals surface area (Å²) in [6.07, 6.45) is 0. The lowest BCUT2D eigenvalue weighted by atomic mass is 10.1. The second-order valence-corrected chi connectivity index (χ2v) is 7.66. The fourth-order valence-electron chi connectivity index (χ4n) is 1.93. The molecule has 1 aromatic heterocycles. The van der Waals surface area contributed by atoms with Crippen molar-refractivity contribution in [2.45, 2.75) is 19.9 Å². The number of rotatable bonds is 4. The molecule has 0 aliphatic carbocycles. The highest BCUT2D eigenvalue weighted by atomic mass is 79.9. The highest BCUT2D eigenvalue weighted by molar-refractivity contribution is 9.10. The molecule has 0 saturated heterocycles. The monoisotopic (exact) mass is 408 g/mol. The van der Waals surface area contributed by atoms with Crippen molar-refractivity contribution in [3.05, 3.63) is 52.6 Å².